The minimum absolute atomic E-state index is 0. The summed E-state index contributed by atoms with van der Waals surface area (Å²) < 4.78 is 27.9. The Morgan fingerprint density at radius 1 is 1.67 bits per heavy atom. The Hall–Kier alpha value is 0.650. The van der Waals surface area contributed by atoms with Crippen molar-refractivity contribution in [3.63, 3.8) is 0 Å². The molecule has 0 aliphatic rings. The maximum Gasteiger partial charge on any atom is 1.00 e. The SMILES string of the molecule is C=CCCS(=O)(=O)O.[H-].[Na+]. The predicted molar refractivity (Wildman–Crippen MR) is 32.3 cm³/mol. The number of rotatable bonds is 3. The number of hydrogen-bond acceptors (Lipinski definition) is 2. The summed E-state index contributed by atoms with van der Waals surface area (Å²) in [6.45, 7) is 3.29. The largest absolute Gasteiger partial charge is 1.00 e. The van der Waals surface area contributed by atoms with E-state index >= 15 is 0 Å². The number of hydrogen-bond donors (Lipinski definition) is 1. The van der Waals surface area contributed by atoms with Crippen molar-refractivity contribution in [3.8, 4) is 0 Å². The molecule has 0 aromatic rings. The Morgan fingerprint density at radius 3 is 2.22 bits per heavy atom. The molecule has 0 aromatic heterocycles. The summed E-state index contributed by atoms with van der Waals surface area (Å²) in [6, 6.07) is 0. The molecule has 0 amide bonds. The van der Waals surface area contributed by atoms with E-state index < -0.39 is 10.1 Å². The fraction of sp³-hybridized carbons (Fsp3) is 0.500. The van der Waals surface area contributed by atoms with Gasteiger partial charge < -0.3 is 1.43 Å². The average Bonchev–Trinajstić information content (AvgIpc) is 1.59. The van der Waals surface area contributed by atoms with Crippen LogP contribution in [0.3, 0.4) is 0 Å². The Kier molecular flexibility index (Phi) is 7.45. The van der Waals surface area contributed by atoms with E-state index in [0.29, 0.717) is 6.42 Å². The molecular weight excluding hydrogens is 151 g/mol. The monoisotopic (exact) mass is 160 g/mol. The van der Waals surface area contributed by atoms with Crippen LogP contribution in [0.1, 0.15) is 7.85 Å². The van der Waals surface area contributed by atoms with E-state index in [2.05, 4.69) is 6.58 Å². The molecule has 0 aromatic carbocycles. The molecule has 0 bridgehead atoms. The predicted octanol–water partition coefficient (Wildman–Crippen LogP) is -2.43. The topological polar surface area (TPSA) is 54.4 Å². The van der Waals surface area contributed by atoms with Crippen LogP contribution in [-0.2, 0) is 10.1 Å². The molecular formula is C4H9NaO3S. The molecule has 0 aliphatic carbocycles. The molecule has 50 valence electrons. The van der Waals surface area contributed by atoms with E-state index in [1.54, 1.807) is 0 Å². The molecule has 0 aliphatic heterocycles. The van der Waals surface area contributed by atoms with Crippen molar-refractivity contribution in [2.75, 3.05) is 5.75 Å². The maximum atomic E-state index is 9.90. The van der Waals surface area contributed by atoms with E-state index in [1.807, 2.05) is 0 Å². The van der Waals surface area contributed by atoms with E-state index in [0.717, 1.165) is 0 Å². The molecule has 9 heavy (non-hydrogen) atoms. The Labute approximate surface area is 78.7 Å². The van der Waals surface area contributed by atoms with Crippen molar-refractivity contribution in [1.82, 2.24) is 0 Å². The van der Waals surface area contributed by atoms with Gasteiger partial charge in [0.05, 0.1) is 5.75 Å². The van der Waals surface area contributed by atoms with Crippen LogP contribution >= 0.6 is 0 Å². The Bertz CT molecular complexity index is 165. The van der Waals surface area contributed by atoms with E-state index in [1.165, 1.54) is 6.08 Å². The number of allylic oxidation sites excluding steroid dienone is 1. The standard InChI is InChI=1S/C4H8O3S.Na.H/c1-2-3-4-8(5,6)7;;/h2H,1,3-4H2,(H,5,6,7);;/q;+1;-1. The van der Waals surface area contributed by atoms with Gasteiger partial charge in [-0.05, 0) is 6.42 Å². The Balaban J connectivity index is -0.000000245. The molecule has 0 unspecified atom stereocenters. The smallest absolute Gasteiger partial charge is 1.00 e. The molecule has 0 atom stereocenters. The van der Waals surface area contributed by atoms with E-state index in [9.17, 15) is 8.42 Å². The summed E-state index contributed by atoms with van der Waals surface area (Å²) in [5.41, 5.74) is 0. The molecule has 0 heterocycles. The first kappa shape index (κ1) is 12.3. The van der Waals surface area contributed by atoms with Crippen molar-refractivity contribution in [3.05, 3.63) is 12.7 Å². The van der Waals surface area contributed by atoms with Gasteiger partial charge >= 0.3 is 29.6 Å². The summed E-state index contributed by atoms with van der Waals surface area (Å²) in [7, 11) is -3.76. The van der Waals surface area contributed by atoms with Gasteiger partial charge in [-0.1, -0.05) is 6.08 Å². The minimum Gasteiger partial charge on any atom is -1.00 e. The second kappa shape index (κ2) is 5.44. The average molecular weight is 160 g/mol. The zero-order chi connectivity index (χ0) is 6.62. The van der Waals surface area contributed by atoms with Crippen LogP contribution in [0.4, 0.5) is 0 Å². The normalized spacial score (nSPS) is 9.89. The first-order valence-electron chi connectivity index (χ1n) is 2.12. The molecule has 0 fully saturated rings. The van der Waals surface area contributed by atoms with Crippen LogP contribution in [0.5, 0.6) is 0 Å². The molecule has 0 radical (unpaired) electrons. The van der Waals surface area contributed by atoms with Gasteiger partial charge in [0.15, 0.2) is 0 Å². The second-order valence-corrected chi connectivity index (χ2v) is 2.94. The first-order chi connectivity index (χ1) is 3.56. The van der Waals surface area contributed by atoms with Crippen LogP contribution in [0.25, 0.3) is 0 Å². The molecule has 0 saturated carbocycles. The maximum absolute atomic E-state index is 9.90. The van der Waals surface area contributed by atoms with E-state index in [-0.39, 0.29) is 36.7 Å². The summed E-state index contributed by atoms with van der Waals surface area (Å²) in [6.07, 6.45) is 1.74. The third-order valence-corrected chi connectivity index (χ3v) is 1.33. The minimum atomic E-state index is -3.76. The molecule has 3 nitrogen and oxygen atoms in total. The molecule has 0 rings (SSSR count). The van der Waals surface area contributed by atoms with Crippen molar-refractivity contribution >= 4 is 10.1 Å². The molecule has 1 N–H and O–H groups in total. The summed E-state index contributed by atoms with van der Waals surface area (Å²) in [5.74, 6) is -0.226. The van der Waals surface area contributed by atoms with Gasteiger partial charge in [0, 0.05) is 0 Å². The van der Waals surface area contributed by atoms with Gasteiger partial charge in [-0.15, -0.1) is 6.58 Å². The van der Waals surface area contributed by atoms with Gasteiger partial charge in [0.1, 0.15) is 0 Å². The van der Waals surface area contributed by atoms with Crippen molar-refractivity contribution < 1.29 is 44.0 Å². The van der Waals surface area contributed by atoms with Gasteiger partial charge in [-0.2, -0.15) is 8.42 Å². The summed E-state index contributed by atoms with van der Waals surface area (Å²) in [4.78, 5) is 0. The fourth-order valence-electron chi connectivity index (χ4n) is 0.232. The summed E-state index contributed by atoms with van der Waals surface area (Å²) in [5, 5.41) is 0. The quantitative estimate of drug-likeness (QED) is 0.284. The summed E-state index contributed by atoms with van der Waals surface area (Å²) >= 11 is 0. The van der Waals surface area contributed by atoms with Gasteiger partial charge in [-0.3, -0.25) is 4.55 Å². The molecule has 0 spiro atoms. The molecule has 5 heteroatoms. The van der Waals surface area contributed by atoms with Gasteiger partial charge in [0.2, 0.25) is 0 Å². The van der Waals surface area contributed by atoms with Crippen molar-refractivity contribution in [1.29, 1.82) is 0 Å². The Morgan fingerprint density at radius 2 is 2.11 bits per heavy atom. The fourth-order valence-corrected chi connectivity index (χ4v) is 0.697. The zero-order valence-corrected chi connectivity index (χ0v) is 8.19. The van der Waals surface area contributed by atoms with Crippen LogP contribution in [-0.4, -0.2) is 18.7 Å². The van der Waals surface area contributed by atoms with Crippen LogP contribution in [0.15, 0.2) is 12.7 Å². The molecule has 0 saturated heterocycles. The first-order valence-corrected chi connectivity index (χ1v) is 3.73. The van der Waals surface area contributed by atoms with Gasteiger partial charge in [-0.25, -0.2) is 0 Å². The second-order valence-electron chi connectivity index (χ2n) is 1.36. The van der Waals surface area contributed by atoms with Crippen molar-refractivity contribution in [2.45, 2.75) is 6.42 Å². The van der Waals surface area contributed by atoms with E-state index in [4.69, 9.17) is 4.55 Å². The van der Waals surface area contributed by atoms with Crippen molar-refractivity contribution in [2.24, 2.45) is 0 Å². The third-order valence-electron chi connectivity index (χ3n) is 0.580. The third kappa shape index (κ3) is 12.0. The van der Waals surface area contributed by atoms with Crippen LogP contribution in [0.2, 0.25) is 0 Å². The van der Waals surface area contributed by atoms with Crippen LogP contribution < -0.4 is 29.6 Å². The zero-order valence-electron chi connectivity index (χ0n) is 6.37. The van der Waals surface area contributed by atoms with Crippen LogP contribution in [0, 0.1) is 0 Å². The van der Waals surface area contributed by atoms with Gasteiger partial charge in [0.25, 0.3) is 10.1 Å².